The van der Waals surface area contributed by atoms with Gasteiger partial charge in [0.2, 0.25) is 0 Å². The van der Waals surface area contributed by atoms with Crippen LogP contribution >= 0.6 is 11.3 Å². The molecule has 4 rings (SSSR count). The monoisotopic (exact) mass is 357 g/mol. The molecule has 1 atom stereocenters. The van der Waals surface area contributed by atoms with E-state index >= 15 is 0 Å². The molecule has 1 spiro atoms. The van der Waals surface area contributed by atoms with Crippen LogP contribution in [0.2, 0.25) is 0 Å². The van der Waals surface area contributed by atoms with E-state index in [4.69, 9.17) is 4.74 Å². The summed E-state index contributed by atoms with van der Waals surface area (Å²) in [5.41, 5.74) is 2.51. The number of hydrogen-bond donors (Lipinski definition) is 1. The van der Waals surface area contributed by atoms with E-state index < -0.39 is 11.7 Å². The van der Waals surface area contributed by atoms with Gasteiger partial charge in [-0.3, -0.25) is 4.79 Å². The van der Waals surface area contributed by atoms with Crippen molar-refractivity contribution >= 4 is 17.2 Å². The quantitative estimate of drug-likeness (QED) is 0.894. The van der Waals surface area contributed by atoms with Crippen molar-refractivity contribution in [1.29, 1.82) is 0 Å². The third kappa shape index (κ3) is 3.24. The number of carbonyl (C=O) groups excluding carboxylic acids is 1. The topological polar surface area (TPSA) is 49.8 Å². The van der Waals surface area contributed by atoms with Crippen molar-refractivity contribution in [2.45, 2.75) is 37.4 Å². The molecule has 2 fully saturated rings. The molecule has 2 aliphatic heterocycles. The number of ether oxygens (including phenoxy) is 1. The van der Waals surface area contributed by atoms with Crippen molar-refractivity contribution in [3.05, 3.63) is 46.7 Å². The molecular formula is C20H23NO3S. The second-order valence-corrected chi connectivity index (χ2v) is 7.74. The van der Waals surface area contributed by atoms with Crippen molar-refractivity contribution in [2.75, 3.05) is 19.7 Å². The number of amides is 1. The highest BCUT2D eigenvalue weighted by Gasteiger charge is 2.44. The van der Waals surface area contributed by atoms with E-state index in [-0.39, 0.29) is 5.91 Å². The highest BCUT2D eigenvalue weighted by atomic mass is 32.1. The van der Waals surface area contributed by atoms with Crippen LogP contribution < -0.4 is 0 Å². The first kappa shape index (κ1) is 16.8. The fourth-order valence-electron chi connectivity index (χ4n) is 3.92. The lowest BCUT2D eigenvalue weighted by molar-refractivity contribution is -0.174. The lowest BCUT2D eigenvalue weighted by Gasteiger charge is -2.46. The maximum atomic E-state index is 12.9. The number of aliphatic hydroxyl groups is 1. The molecule has 0 unspecified atom stereocenters. The van der Waals surface area contributed by atoms with Crippen molar-refractivity contribution in [3.8, 4) is 11.1 Å². The summed E-state index contributed by atoms with van der Waals surface area (Å²) in [5, 5.41) is 14.5. The average Bonchev–Trinajstić information content (AvgIpc) is 3.19. The van der Waals surface area contributed by atoms with Gasteiger partial charge >= 0.3 is 0 Å². The number of nitrogens with zero attached hydrogens (tertiary/aromatic N) is 1. The maximum Gasteiger partial charge on any atom is 0.253 e. The van der Waals surface area contributed by atoms with Gasteiger partial charge in [0.25, 0.3) is 5.91 Å². The molecule has 2 aromatic rings. The molecule has 4 nitrogen and oxygen atoms in total. The van der Waals surface area contributed by atoms with E-state index in [1.165, 1.54) is 0 Å². The van der Waals surface area contributed by atoms with Gasteiger partial charge in [-0.25, -0.2) is 0 Å². The van der Waals surface area contributed by atoms with Crippen LogP contribution in [0.5, 0.6) is 0 Å². The van der Waals surface area contributed by atoms with Gasteiger partial charge in [-0.05, 0) is 65.8 Å². The average molecular weight is 357 g/mol. The molecule has 1 aromatic carbocycles. The molecule has 1 N–H and O–H groups in total. The molecule has 5 heteroatoms. The van der Waals surface area contributed by atoms with Gasteiger partial charge < -0.3 is 14.7 Å². The second-order valence-electron chi connectivity index (χ2n) is 6.96. The molecule has 1 amide bonds. The number of benzene rings is 1. The number of likely N-dealkylation sites (tertiary alicyclic amines) is 1. The largest absolute Gasteiger partial charge is 0.390 e. The summed E-state index contributed by atoms with van der Waals surface area (Å²) in [6, 6.07) is 9.91. The minimum Gasteiger partial charge on any atom is -0.390 e. The Bertz CT molecular complexity index is 735. The molecule has 0 bridgehead atoms. The van der Waals surface area contributed by atoms with Crippen molar-refractivity contribution in [3.63, 3.8) is 0 Å². The lowest BCUT2D eigenvalue weighted by atomic mass is 9.82. The summed E-state index contributed by atoms with van der Waals surface area (Å²) in [6.45, 7) is 1.99. The lowest BCUT2D eigenvalue weighted by Crippen LogP contribution is -2.56. The fourth-order valence-corrected chi connectivity index (χ4v) is 4.59. The normalized spacial score (nSPS) is 22.9. The molecular weight excluding hydrogens is 334 g/mol. The van der Waals surface area contributed by atoms with Crippen LogP contribution in [0.25, 0.3) is 11.1 Å². The standard InChI is InChI=1S/C20H23NO3S/c22-18-5-2-11-24-20(18)7-9-21(10-8-20)19(23)16-4-1-3-15(13-16)17-6-12-25-14-17/h1,3-4,6,12-14,18,22H,2,5,7-11H2/t18-/m0/s1. The summed E-state index contributed by atoms with van der Waals surface area (Å²) in [7, 11) is 0. The van der Waals surface area contributed by atoms with Gasteiger partial charge in [-0.15, -0.1) is 0 Å². The van der Waals surface area contributed by atoms with Gasteiger partial charge in [0.05, 0.1) is 11.7 Å². The Balaban J connectivity index is 1.47. The highest BCUT2D eigenvalue weighted by molar-refractivity contribution is 7.08. The van der Waals surface area contributed by atoms with Gasteiger partial charge in [0.1, 0.15) is 0 Å². The smallest absolute Gasteiger partial charge is 0.253 e. The van der Waals surface area contributed by atoms with Crippen molar-refractivity contribution in [2.24, 2.45) is 0 Å². The van der Waals surface area contributed by atoms with Gasteiger partial charge in [0.15, 0.2) is 0 Å². The van der Waals surface area contributed by atoms with Crippen molar-refractivity contribution in [1.82, 2.24) is 4.90 Å². The zero-order valence-electron chi connectivity index (χ0n) is 14.2. The third-order valence-electron chi connectivity index (χ3n) is 5.48. The fraction of sp³-hybridized carbons (Fsp3) is 0.450. The zero-order valence-corrected chi connectivity index (χ0v) is 15.0. The summed E-state index contributed by atoms with van der Waals surface area (Å²) in [4.78, 5) is 14.8. The van der Waals surface area contributed by atoms with Gasteiger partial charge in [-0.2, -0.15) is 11.3 Å². The Morgan fingerprint density at radius 1 is 1.24 bits per heavy atom. The number of rotatable bonds is 2. The van der Waals surface area contributed by atoms with Gasteiger partial charge in [-0.1, -0.05) is 12.1 Å². The Labute approximate surface area is 152 Å². The Hall–Kier alpha value is -1.69. The van der Waals surface area contributed by atoms with Gasteiger partial charge in [0, 0.05) is 25.3 Å². The molecule has 0 aliphatic carbocycles. The maximum absolute atomic E-state index is 12.9. The molecule has 0 radical (unpaired) electrons. The Morgan fingerprint density at radius 3 is 2.80 bits per heavy atom. The predicted molar refractivity (Wildman–Crippen MR) is 98.8 cm³/mol. The molecule has 0 saturated carbocycles. The second kappa shape index (κ2) is 6.90. The molecule has 2 saturated heterocycles. The van der Waals surface area contributed by atoms with Crippen LogP contribution in [0.3, 0.4) is 0 Å². The number of hydrogen-bond acceptors (Lipinski definition) is 4. The van der Waals surface area contributed by atoms with E-state index in [1.54, 1.807) is 11.3 Å². The van der Waals surface area contributed by atoms with E-state index in [0.717, 1.165) is 29.5 Å². The van der Waals surface area contributed by atoms with Crippen LogP contribution in [0.1, 0.15) is 36.0 Å². The molecule has 25 heavy (non-hydrogen) atoms. The number of aliphatic hydroxyl groups excluding tert-OH is 1. The predicted octanol–water partition coefficient (Wildman–Crippen LogP) is 3.56. The number of piperidine rings is 1. The molecule has 1 aromatic heterocycles. The first-order chi connectivity index (χ1) is 12.2. The highest BCUT2D eigenvalue weighted by Crippen LogP contribution is 2.35. The summed E-state index contributed by atoms with van der Waals surface area (Å²) < 4.78 is 5.93. The summed E-state index contributed by atoms with van der Waals surface area (Å²) in [6.07, 6.45) is 2.74. The van der Waals surface area contributed by atoms with Crippen LogP contribution in [-0.2, 0) is 4.74 Å². The van der Waals surface area contributed by atoms with E-state index in [9.17, 15) is 9.90 Å². The molecule has 3 heterocycles. The van der Waals surface area contributed by atoms with Crippen LogP contribution in [0, 0.1) is 0 Å². The van der Waals surface area contributed by atoms with E-state index in [2.05, 4.69) is 11.4 Å². The van der Waals surface area contributed by atoms with E-state index in [0.29, 0.717) is 32.5 Å². The van der Waals surface area contributed by atoms with Crippen LogP contribution in [0.4, 0.5) is 0 Å². The SMILES string of the molecule is O=C(c1cccc(-c2ccsc2)c1)N1CCC2(CC1)OCCC[C@@H]2O. The Morgan fingerprint density at radius 2 is 2.08 bits per heavy atom. The molecule has 2 aliphatic rings. The third-order valence-corrected chi connectivity index (χ3v) is 6.16. The minimum absolute atomic E-state index is 0.0669. The summed E-state index contributed by atoms with van der Waals surface area (Å²) in [5.74, 6) is 0.0669. The first-order valence-electron chi connectivity index (χ1n) is 8.92. The number of thiophene rings is 1. The zero-order chi connectivity index (χ0) is 17.3. The minimum atomic E-state index is -0.437. The van der Waals surface area contributed by atoms with Crippen LogP contribution in [0.15, 0.2) is 41.1 Å². The van der Waals surface area contributed by atoms with Crippen molar-refractivity contribution < 1.29 is 14.6 Å². The van der Waals surface area contributed by atoms with E-state index in [1.807, 2.05) is 34.5 Å². The first-order valence-corrected chi connectivity index (χ1v) is 9.86. The Kier molecular flexibility index (Phi) is 4.63. The van der Waals surface area contributed by atoms with Crippen LogP contribution in [-0.4, -0.2) is 47.3 Å². The summed E-state index contributed by atoms with van der Waals surface area (Å²) >= 11 is 1.66. The molecule has 132 valence electrons. The number of carbonyl (C=O) groups is 1.